The maximum absolute atomic E-state index is 6.26. The van der Waals surface area contributed by atoms with Crippen molar-refractivity contribution in [1.29, 1.82) is 0 Å². The molecular weight excluding hydrogens is 438 g/mol. The fourth-order valence-corrected chi connectivity index (χ4v) is 5.74. The van der Waals surface area contributed by atoms with Crippen LogP contribution in [0.2, 0.25) is 0 Å². The summed E-state index contributed by atoms with van der Waals surface area (Å²) in [4.78, 5) is 0. The molecule has 0 amide bonds. The van der Waals surface area contributed by atoms with E-state index in [9.17, 15) is 0 Å². The second kappa shape index (κ2) is 7.34. The zero-order valence-electron chi connectivity index (χ0n) is 19.5. The van der Waals surface area contributed by atoms with Gasteiger partial charge in [0.2, 0.25) is 0 Å². The number of fused-ring (bicyclic) bond motifs is 8. The molecule has 2 nitrogen and oxygen atoms in total. The van der Waals surface area contributed by atoms with Crippen LogP contribution in [-0.2, 0) is 0 Å². The number of furan rings is 1. The summed E-state index contributed by atoms with van der Waals surface area (Å²) in [5.41, 5.74) is 7.84. The number of aromatic nitrogens is 1. The average Bonchev–Trinajstić information content (AvgIpc) is 3.48. The van der Waals surface area contributed by atoms with Crippen LogP contribution >= 0.6 is 0 Å². The van der Waals surface area contributed by atoms with Crippen molar-refractivity contribution < 1.29 is 4.42 Å². The maximum Gasteiger partial charge on any atom is 0.136 e. The molecule has 0 aliphatic heterocycles. The molecule has 0 spiro atoms. The van der Waals surface area contributed by atoms with E-state index in [1.165, 1.54) is 49.1 Å². The van der Waals surface area contributed by atoms with Gasteiger partial charge in [-0.2, -0.15) is 0 Å². The Morgan fingerprint density at radius 2 is 1.19 bits per heavy atom. The second-order valence-electron chi connectivity index (χ2n) is 9.39. The van der Waals surface area contributed by atoms with Crippen molar-refractivity contribution in [1.82, 2.24) is 4.57 Å². The van der Waals surface area contributed by atoms with E-state index in [4.69, 9.17) is 4.42 Å². The van der Waals surface area contributed by atoms with Crippen LogP contribution in [0.4, 0.5) is 0 Å². The standard InChI is InChI=1S/C34H21NO/c1-2-8-22(9-3-1)24-14-17-31-28(20-24)27-12-6-7-13-30(27)35(31)25-16-19-32-29(21-25)34-26-11-5-4-10-23(26)15-18-33(34)36-32/h1-21H. The van der Waals surface area contributed by atoms with Gasteiger partial charge < -0.3 is 8.98 Å². The first kappa shape index (κ1) is 19.5. The molecule has 8 rings (SSSR count). The van der Waals surface area contributed by atoms with Gasteiger partial charge in [-0.15, -0.1) is 0 Å². The minimum absolute atomic E-state index is 0.914. The molecule has 2 heterocycles. The molecule has 168 valence electrons. The summed E-state index contributed by atoms with van der Waals surface area (Å²) in [6.07, 6.45) is 0. The Balaban J connectivity index is 1.44. The fraction of sp³-hybridized carbons (Fsp3) is 0. The quantitative estimate of drug-likeness (QED) is 0.252. The van der Waals surface area contributed by atoms with E-state index in [0.717, 1.165) is 22.2 Å². The lowest BCUT2D eigenvalue weighted by Crippen LogP contribution is -1.93. The molecule has 0 aliphatic carbocycles. The normalized spacial score (nSPS) is 11.9. The zero-order valence-corrected chi connectivity index (χ0v) is 19.5. The molecular formula is C34H21NO. The Morgan fingerprint density at radius 3 is 2.11 bits per heavy atom. The summed E-state index contributed by atoms with van der Waals surface area (Å²) >= 11 is 0. The molecule has 8 aromatic rings. The van der Waals surface area contributed by atoms with E-state index >= 15 is 0 Å². The number of para-hydroxylation sites is 1. The molecule has 0 fully saturated rings. The highest BCUT2D eigenvalue weighted by molar-refractivity contribution is 6.19. The van der Waals surface area contributed by atoms with Crippen molar-refractivity contribution >= 4 is 54.5 Å². The van der Waals surface area contributed by atoms with Crippen LogP contribution in [0.3, 0.4) is 0 Å². The summed E-state index contributed by atoms with van der Waals surface area (Å²) < 4.78 is 8.64. The van der Waals surface area contributed by atoms with Crippen LogP contribution in [-0.4, -0.2) is 4.57 Å². The lowest BCUT2D eigenvalue weighted by atomic mass is 10.0. The molecule has 0 atom stereocenters. The van der Waals surface area contributed by atoms with Gasteiger partial charge in [-0.25, -0.2) is 0 Å². The molecule has 0 bridgehead atoms. The molecule has 0 saturated carbocycles. The monoisotopic (exact) mass is 459 g/mol. The highest BCUT2D eigenvalue weighted by Gasteiger charge is 2.16. The summed E-state index contributed by atoms with van der Waals surface area (Å²) in [7, 11) is 0. The number of hydrogen-bond donors (Lipinski definition) is 0. The van der Waals surface area contributed by atoms with Gasteiger partial charge in [0.25, 0.3) is 0 Å². The first-order valence-electron chi connectivity index (χ1n) is 12.3. The Morgan fingerprint density at radius 1 is 0.444 bits per heavy atom. The van der Waals surface area contributed by atoms with Gasteiger partial charge in [-0.05, 0) is 64.4 Å². The average molecular weight is 460 g/mol. The Bertz CT molecular complexity index is 2090. The third-order valence-corrected chi connectivity index (χ3v) is 7.38. The van der Waals surface area contributed by atoms with Crippen molar-refractivity contribution in [3.63, 3.8) is 0 Å². The highest BCUT2D eigenvalue weighted by atomic mass is 16.3. The van der Waals surface area contributed by atoms with Crippen molar-refractivity contribution in [3.05, 3.63) is 127 Å². The third-order valence-electron chi connectivity index (χ3n) is 7.38. The SMILES string of the molecule is c1ccc(-c2ccc3c(c2)c2ccccc2n3-c2ccc3oc4ccc5ccccc5c4c3c2)cc1. The third kappa shape index (κ3) is 2.73. The van der Waals surface area contributed by atoms with E-state index in [0.29, 0.717) is 0 Å². The largest absolute Gasteiger partial charge is 0.456 e. The smallest absolute Gasteiger partial charge is 0.136 e. The zero-order chi connectivity index (χ0) is 23.6. The van der Waals surface area contributed by atoms with Crippen LogP contribution in [0.1, 0.15) is 0 Å². The summed E-state index contributed by atoms with van der Waals surface area (Å²) in [6.45, 7) is 0. The molecule has 2 heteroatoms. The Labute approximate surface area is 207 Å². The molecule has 0 unspecified atom stereocenters. The van der Waals surface area contributed by atoms with E-state index in [1.807, 2.05) is 0 Å². The number of rotatable bonds is 2. The predicted molar refractivity (Wildman–Crippen MR) is 151 cm³/mol. The van der Waals surface area contributed by atoms with Crippen molar-refractivity contribution in [2.45, 2.75) is 0 Å². The topological polar surface area (TPSA) is 18.1 Å². The van der Waals surface area contributed by atoms with Gasteiger partial charge in [0, 0.05) is 27.2 Å². The molecule has 0 N–H and O–H groups in total. The lowest BCUT2D eigenvalue weighted by Gasteiger charge is -2.09. The number of benzene rings is 6. The predicted octanol–water partition coefficient (Wildman–Crippen LogP) is 9.50. The van der Waals surface area contributed by atoms with Crippen LogP contribution in [0.5, 0.6) is 0 Å². The van der Waals surface area contributed by atoms with Crippen molar-refractivity contribution in [3.8, 4) is 16.8 Å². The first-order chi connectivity index (χ1) is 17.8. The van der Waals surface area contributed by atoms with E-state index in [2.05, 4.69) is 132 Å². The molecule has 0 saturated heterocycles. The van der Waals surface area contributed by atoms with Gasteiger partial charge >= 0.3 is 0 Å². The highest BCUT2D eigenvalue weighted by Crippen LogP contribution is 2.38. The van der Waals surface area contributed by atoms with Gasteiger partial charge in [0.1, 0.15) is 11.2 Å². The number of nitrogens with zero attached hydrogens (tertiary/aromatic N) is 1. The molecule has 0 radical (unpaired) electrons. The Kier molecular flexibility index (Phi) is 3.97. The maximum atomic E-state index is 6.26. The molecule has 6 aromatic carbocycles. The van der Waals surface area contributed by atoms with Gasteiger partial charge in [-0.1, -0.05) is 84.9 Å². The van der Waals surface area contributed by atoms with Crippen molar-refractivity contribution in [2.75, 3.05) is 0 Å². The summed E-state index contributed by atoms with van der Waals surface area (Å²) in [5.74, 6) is 0. The molecule has 36 heavy (non-hydrogen) atoms. The van der Waals surface area contributed by atoms with Gasteiger partial charge in [0.15, 0.2) is 0 Å². The van der Waals surface area contributed by atoms with E-state index in [-0.39, 0.29) is 0 Å². The minimum atomic E-state index is 0.914. The summed E-state index contributed by atoms with van der Waals surface area (Å²) in [6, 6.07) is 45.4. The van der Waals surface area contributed by atoms with E-state index < -0.39 is 0 Å². The van der Waals surface area contributed by atoms with Crippen molar-refractivity contribution in [2.24, 2.45) is 0 Å². The molecule has 0 aliphatic rings. The molecule has 2 aromatic heterocycles. The van der Waals surface area contributed by atoms with Crippen LogP contribution < -0.4 is 0 Å². The minimum Gasteiger partial charge on any atom is -0.456 e. The van der Waals surface area contributed by atoms with Crippen LogP contribution in [0.25, 0.3) is 71.3 Å². The number of hydrogen-bond acceptors (Lipinski definition) is 1. The lowest BCUT2D eigenvalue weighted by molar-refractivity contribution is 0.669. The summed E-state index contributed by atoms with van der Waals surface area (Å²) in [5, 5.41) is 7.29. The Hall–Kier alpha value is -4.82. The fourth-order valence-electron chi connectivity index (χ4n) is 5.74. The van der Waals surface area contributed by atoms with Gasteiger partial charge in [0.05, 0.1) is 11.0 Å². The second-order valence-corrected chi connectivity index (χ2v) is 9.39. The van der Waals surface area contributed by atoms with E-state index in [1.54, 1.807) is 0 Å². The van der Waals surface area contributed by atoms with Crippen LogP contribution in [0.15, 0.2) is 132 Å². The first-order valence-corrected chi connectivity index (χ1v) is 12.3. The van der Waals surface area contributed by atoms with Crippen LogP contribution in [0, 0.1) is 0 Å². The van der Waals surface area contributed by atoms with Gasteiger partial charge in [-0.3, -0.25) is 0 Å².